The summed E-state index contributed by atoms with van der Waals surface area (Å²) in [6.07, 6.45) is -7.69. The van der Waals surface area contributed by atoms with Gasteiger partial charge >= 0.3 is 12.4 Å². The fourth-order valence-corrected chi connectivity index (χ4v) is 5.26. The number of alkyl halides is 6. The minimum Gasteiger partial charge on any atom is -0.391 e. The molecule has 5 rings (SSSR count). The average Bonchev–Trinajstić information content (AvgIpc) is 3.34. The molecule has 1 aromatic heterocycles. The highest BCUT2D eigenvalue weighted by Crippen LogP contribution is 2.44. The molecule has 2 saturated heterocycles. The second-order valence-electron chi connectivity index (χ2n) is 8.95. The fourth-order valence-electron chi connectivity index (χ4n) is 5.26. The number of benzene rings is 2. The van der Waals surface area contributed by atoms with Crippen molar-refractivity contribution in [3.8, 4) is 0 Å². The molecular formula is C24H19F6N3O3. The number of aliphatic hydroxyl groups is 1. The van der Waals surface area contributed by atoms with E-state index in [1.54, 1.807) is 4.90 Å². The van der Waals surface area contributed by atoms with Gasteiger partial charge in [0.15, 0.2) is 0 Å². The lowest BCUT2D eigenvalue weighted by Gasteiger charge is -2.26. The average molecular weight is 511 g/mol. The highest BCUT2D eigenvalue weighted by Gasteiger charge is 2.46. The number of aromatic nitrogens is 1. The molecule has 2 aliphatic rings. The number of anilines is 2. The molecule has 0 radical (unpaired) electrons. The molecule has 3 unspecified atom stereocenters. The summed E-state index contributed by atoms with van der Waals surface area (Å²) >= 11 is 0. The molecule has 0 saturated carbocycles. The van der Waals surface area contributed by atoms with Crippen LogP contribution in [0.5, 0.6) is 0 Å². The molecule has 2 aliphatic heterocycles. The van der Waals surface area contributed by atoms with Crippen LogP contribution in [0.4, 0.5) is 37.7 Å². The summed E-state index contributed by atoms with van der Waals surface area (Å²) < 4.78 is 82.0. The zero-order valence-corrected chi connectivity index (χ0v) is 18.4. The van der Waals surface area contributed by atoms with Gasteiger partial charge in [0.2, 0.25) is 5.43 Å². The number of nitrogens with one attached hydrogen (secondary N) is 2. The van der Waals surface area contributed by atoms with Gasteiger partial charge in [0.25, 0.3) is 5.91 Å². The Morgan fingerprint density at radius 2 is 1.75 bits per heavy atom. The smallest absolute Gasteiger partial charge is 0.391 e. The van der Waals surface area contributed by atoms with Crippen LogP contribution in [0.3, 0.4) is 0 Å². The van der Waals surface area contributed by atoms with Crippen LogP contribution < -0.4 is 15.6 Å². The van der Waals surface area contributed by atoms with Gasteiger partial charge in [0.05, 0.1) is 34.3 Å². The highest BCUT2D eigenvalue weighted by molar-refractivity contribution is 6.06. The molecule has 36 heavy (non-hydrogen) atoms. The number of aromatic amines is 1. The Hall–Kier alpha value is -3.54. The summed E-state index contributed by atoms with van der Waals surface area (Å²) in [6, 6.07) is 5.88. The maximum Gasteiger partial charge on any atom is 0.418 e. The number of carbonyl (C=O) groups is 1. The van der Waals surface area contributed by atoms with Crippen molar-refractivity contribution >= 4 is 28.2 Å². The van der Waals surface area contributed by atoms with E-state index >= 15 is 0 Å². The summed E-state index contributed by atoms with van der Waals surface area (Å²) in [4.78, 5) is 29.8. The number of hydrogen-bond acceptors (Lipinski definition) is 4. The molecule has 12 heteroatoms. The topological polar surface area (TPSA) is 85.4 Å². The van der Waals surface area contributed by atoms with Crippen molar-refractivity contribution < 1.29 is 36.2 Å². The third-order valence-electron chi connectivity index (χ3n) is 6.82. The minimum absolute atomic E-state index is 0.0921. The Kier molecular flexibility index (Phi) is 5.54. The standard InChI is InChI=1S/C24H19F6N3O3/c25-23(26,27)14-2-1-3-17-20(14)21(35)13(10-31-17)22(36)32-16-6-4-11(8-15(16)24(28,29)30)33-12-5-7-18(33)19(34)9-12/h1-4,6,8,10,12,18-19,34H,5,7,9H2,(H,31,35)(H,32,36). The van der Waals surface area contributed by atoms with Gasteiger partial charge < -0.3 is 20.3 Å². The lowest BCUT2D eigenvalue weighted by atomic mass is 9.98. The Bertz CT molecular complexity index is 1410. The van der Waals surface area contributed by atoms with Crippen LogP contribution in [0.2, 0.25) is 0 Å². The van der Waals surface area contributed by atoms with Crippen LogP contribution in [0.15, 0.2) is 47.4 Å². The van der Waals surface area contributed by atoms with E-state index in [1.165, 1.54) is 12.1 Å². The van der Waals surface area contributed by atoms with E-state index in [0.717, 1.165) is 30.8 Å². The number of H-pyrrole nitrogens is 1. The van der Waals surface area contributed by atoms with Gasteiger partial charge in [-0.2, -0.15) is 26.3 Å². The lowest BCUT2D eigenvalue weighted by Crippen LogP contribution is -2.32. The first-order valence-electron chi connectivity index (χ1n) is 11.1. The first kappa shape index (κ1) is 24.2. The molecule has 3 atom stereocenters. The van der Waals surface area contributed by atoms with Crippen molar-refractivity contribution in [2.75, 3.05) is 10.2 Å². The van der Waals surface area contributed by atoms with Gasteiger partial charge in [0, 0.05) is 23.4 Å². The number of halogens is 6. The predicted molar refractivity (Wildman–Crippen MR) is 119 cm³/mol. The van der Waals surface area contributed by atoms with E-state index in [2.05, 4.69) is 4.98 Å². The largest absolute Gasteiger partial charge is 0.418 e. The maximum atomic E-state index is 13.9. The number of fused-ring (bicyclic) bond motifs is 3. The maximum absolute atomic E-state index is 13.9. The van der Waals surface area contributed by atoms with E-state index in [4.69, 9.17) is 0 Å². The summed E-state index contributed by atoms with van der Waals surface area (Å²) in [5.41, 5.74) is -5.05. The van der Waals surface area contributed by atoms with Gasteiger partial charge in [-0.05, 0) is 49.6 Å². The molecule has 0 spiro atoms. The third-order valence-corrected chi connectivity index (χ3v) is 6.82. The van der Waals surface area contributed by atoms with Gasteiger partial charge in [-0.15, -0.1) is 0 Å². The first-order chi connectivity index (χ1) is 16.9. The fraction of sp³-hybridized carbons (Fsp3) is 0.333. The van der Waals surface area contributed by atoms with Crippen molar-refractivity contribution in [3.63, 3.8) is 0 Å². The van der Waals surface area contributed by atoms with Crippen molar-refractivity contribution in [1.29, 1.82) is 0 Å². The SMILES string of the molecule is O=C(Nc1ccc(N2C3CCC2C(O)C3)cc1C(F)(F)F)c1c[nH]c2cccc(C(F)(F)F)c2c1=O. The Labute approximate surface area is 199 Å². The van der Waals surface area contributed by atoms with Gasteiger partial charge in [0.1, 0.15) is 5.56 Å². The zero-order valence-electron chi connectivity index (χ0n) is 18.4. The van der Waals surface area contributed by atoms with Crippen molar-refractivity contribution in [3.05, 3.63) is 69.5 Å². The lowest BCUT2D eigenvalue weighted by molar-refractivity contribution is -0.137. The highest BCUT2D eigenvalue weighted by atomic mass is 19.4. The van der Waals surface area contributed by atoms with E-state index in [-0.39, 0.29) is 23.3 Å². The van der Waals surface area contributed by atoms with Gasteiger partial charge in [-0.3, -0.25) is 9.59 Å². The molecule has 2 bridgehead atoms. The molecule has 3 N–H and O–H groups in total. The Morgan fingerprint density at radius 3 is 2.36 bits per heavy atom. The van der Waals surface area contributed by atoms with E-state index < -0.39 is 57.6 Å². The third kappa shape index (κ3) is 3.98. The number of amides is 1. The molecule has 3 heterocycles. The Balaban J connectivity index is 1.52. The normalized spacial score (nSPS) is 21.9. The summed E-state index contributed by atoms with van der Waals surface area (Å²) in [6.45, 7) is 0. The van der Waals surface area contributed by atoms with Crippen LogP contribution in [0, 0.1) is 0 Å². The first-order valence-corrected chi connectivity index (χ1v) is 11.1. The predicted octanol–water partition coefficient (Wildman–Crippen LogP) is 4.92. The minimum atomic E-state index is -4.89. The molecule has 2 aromatic carbocycles. The monoisotopic (exact) mass is 511 g/mol. The summed E-state index contributed by atoms with van der Waals surface area (Å²) in [7, 11) is 0. The van der Waals surface area contributed by atoms with Crippen LogP contribution in [0.1, 0.15) is 40.7 Å². The van der Waals surface area contributed by atoms with Crippen LogP contribution in [0.25, 0.3) is 10.9 Å². The number of hydrogen-bond donors (Lipinski definition) is 3. The second kappa shape index (κ2) is 8.26. The van der Waals surface area contributed by atoms with E-state index in [9.17, 15) is 41.0 Å². The second-order valence-corrected chi connectivity index (χ2v) is 8.95. The van der Waals surface area contributed by atoms with Gasteiger partial charge in [-0.1, -0.05) is 6.07 Å². The van der Waals surface area contributed by atoms with Crippen molar-refractivity contribution in [2.45, 2.75) is 49.8 Å². The summed E-state index contributed by atoms with van der Waals surface area (Å²) in [5.74, 6) is -1.29. The van der Waals surface area contributed by atoms with Gasteiger partial charge in [-0.25, -0.2) is 0 Å². The van der Waals surface area contributed by atoms with E-state index in [0.29, 0.717) is 18.9 Å². The molecule has 6 nitrogen and oxygen atoms in total. The van der Waals surface area contributed by atoms with Crippen molar-refractivity contribution in [2.24, 2.45) is 0 Å². The Morgan fingerprint density at radius 1 is 1.03 bits per heavy atom. The van der Waals surface area contributed by atoms with Crippen LogP contribution in [-0.4, -0.2) is 34.2 Å². The summed E-state index contributed by atoms with van der Waals surface area (Å²) in [5, 5.41) is 11.4. The molecule has 1 amide bonds. The molecule has 0 aliphatic carbocycles. The van der Waals surface area contributed by atoms with E-state index in [1.807, 2.05) is 5.32 Å². The number of aliphatic hydroxyl groups excluding tert-OH is 1. The quantitative estimate of drug-likeness (QED) is 0.436. The van der Waals surface area contributed by atoms with Crippen LogP contribution in [-0.2, 0) is 12.4 Å². The van der Waals surface area contributed by atoms with Crippen LogP contribution >= 0.6 is 0 Å². The zero-order chi connectivity index (χ0) is 26.0. The number of carbonyl (C=O) groups excluding carboxylic acids is 1. The molecule has 3 aromatic rings. The molecule has 2 fully saturated rings. The number of rotatable bonds is 3. The van der Waals surface area contributed by atoms with Crippen molar-refractivity contribution in [1.82, 2.24) is 4.98 Å². The number of pyridine rings is 1. The number of nitrogens with zero attached hydrogens (tertiary/aromatic N) is 1. The molecular weight excluding hydrogens is 492 g/mol. The molecule has 190 valence electrons.